The molecule has 0 saturated carbocycles. The van der Waals surface area contributed by atoms with Crippen molar-refractivity contribution in [3.63, 3.8) is 0 Å². The van der Waals surface area contributed by atoms with E-state index in [1.807, 2.05) is 0 Å². The lowest BCUT2D eigenvalue weighted by molar-refractivity contribution is -0.163. The molecule has 0 saturated heterocycles. The van der Waals surface area contributed by atoms with Gasteiger partial charge in [-0.2, -0.15) is 0 Å². The lowest BCUT2D eigenvalue weighted by atomic mass is 10.2. The van der Waals surface area contributed by atoms with Crippen molar-refractivity contribution in [1.29, 1.82) is 0 Å². The summed E-state index contributed by atoms with van der Waals surface area (Å²) >= 11 is 0. The maximum Gasteiger partial charge on any atom is 0.323 e. The Kier molecular flexibility index (Phi) is 7.33. The first kappa shape index (κ1) is 19.9. The topological polar surface area (TPSA) is 81.9 Å². The molecule has 1 unspecified atom stereocenters. The molecular formula is C15H30N2O4. The van der Waals surface area contributed by atoms with Gasteiger partial charge in [0.2, 0.25) is 0 Å². The Morgan fingerprint density at radius 3 is 1.90 bits per heavy atom. The number of carbonyl (C=O) groups excluding carboxylic acids is 2. The van der Waals surface area contributed by atoms with Crippen molar-refractivity contribution in [2.75, 3.05) is 19.6 Å². The lowest BCUT2D eigenvalue weighted by Gasteiger charge is -2.30. The molecule has 0 aliphatic heterocycles. The minimum Gasteiger partial charge on any atom is -0.459 e. The van der Waals surface area contributed by atoms with Crippen LogP contribution < -0.4 is 5.73 Å². The number of nitrogens with two attached hydrogens (primary N) is 1. The summed E-state index contributed by atoms with van der Waals surface area (Å²) < 4.78 is 10.6. The summed E-state index contributed by atoms with van der Waals surface area (Å²) in [6.45, 7) is 13.3. The van der Waals surface area contributed by atoms with Crippen molar-refractivity contribution < 1.29 is 19.1 Å². The predicted octanol–water partition coefficient (Wildman–Crippen LogP) is 1.32. The molecule has 0 fully saturated rings. The highest BCUT2D eigenvalue weighted by atomic mass is 16.6. The van der Waals surface area contributed by atoms with Gasteiger partial charge in [-0.1, -0.05) is 0 Å². The van der Waals surface area contributed by atoms with Crippen molar-refractivity contribution in [1.82, 2.24) is 4.90 Å². The first-order chi connectivity index (χ1) is 9.35. The highest BCUT2D eigenvalue weighted by Gasteiger charge is 2.29. The van der Waals surface area contributed by atoms with Crippen LogP contribution in [0.2, 0.25) is 0 Å². The maximum absolute atomic E-state index is 12.1. The van der Waals surface area contributed by atoms with Crippen molar-refractivity contribution >= 4 is 11.9 Å². The standard InChI is InChI=1S/C15H30N2O4/c1-11(13(19)21-15(5,6)7)17(9-8-16)10-12(18)20-14(2,3)4/h11H,8-10,16H2,1-7H3. The van der Waals surface area contributed by atoms with Gasteiger partial charge in [-0.25, -0.2) is 0 Å². The molecule has 0 aliphatic rings. The number of esters is 2. The molecular weight excluding hydrogens is 272 g/mol. The van der Waals surface area contributed by atoms with Gasteiger partial charge in [-0.05, 0) is 48.5 Å². The fraction of sp³-hybridized carbons (Fsp3) is 0.867. The van der Waals surface area contributed by atoms with E-state index in [2.05, 4.69) is 0 Å². The molecule has 21 heavy (non-hydrogen) atoms. The molecule has 0 aromatic heterocycles. The highest BCUT2D eigenvalue weighted by molar-refractivity contribution is 5.77. The number of nitrogens with zero attached hydrogens (tertiary/aromatic N) is 1. The van der Waals surface area contributed by atoms with Crippen LogP contribution in [0.25, 0.3) is 0 Å². The fourth-order valence-corrected chi connectivity index (χ4v) is 1.65. The Labute approximate surface area is 127 Å². The van der Waals surface area contributed by atoms with E-state index in [4.69, 9.17) is 15.2 Å². The Hall–Kier alpha value is -1.14. The second-order valence-corrected chi connectivity index (χ2v) is 7.06. The Morgan fingerprint density at radius 1 is 1.05 bits per heavy atom. The molecule has 0 bridgehead atoms. The molecule has 0 amide bonds. The Balaban J connectivity index is 4.73. The third kappa shape index (κ3) is 9.42. The largest absolute Gasteiger partial charge is 0.459 e. The molecule has 0 radical (unpaired) electrons. The van der Waals surface area contributed by atoms with E-state index in [1.54, 1.807) is 53.4 Å². The molecule has 0 aliphatic carbocycles. The molecule has 6 heteroatoms. The minimum absolute atomic E-state index is 0.00881. The number of rotatable bonds is 6. The van der Waals surface area contributed by atoms with Gasteiger partial charge in [0, 0.05) is 13.1 Å². The van der Waals surface area contributed by atoms with Crippen LogP contribution in [0.15, 0.2) is 0 Å². The van der Waals surface area contributed by atoms with Gasteiger partial charge in [-0.15, -0.1) is 0 Å². The third-order valence-corrected chi connectivity index (χ3v) is 2.46. The molecule has 0 aromatic rings. The number of carbonyl (C=O) groups is 2. The van der Waals surface area contributed by atoms with Crippen molar-refractivity contribution in [2.45, 2.75) is 65.7 Å². The van der Waals surface area contributed by atoms with Crippen LogP contribution in [0.5, 0.6) is 0 Å². The van der Waals surface area contributed by atoms with E-state index in [0.29, 0.717) is 13.1 Å². The summed E-state index contributed by atoms with van der Waals surface area (Å²) in [7, 11) is 0. The van der Waals surface area contributed by atoms with Crippen LogP contribution in [-0.2, 0) is 19.1 Å². The maximum atomic E-state index is 12.1. The van der Waals surface area contributed by atoms with Gasteiger partial charge < -0.3 is 15.2 Å². The SMILES string of the molecule is CC(C(=O)OC(C)(C)C)N(CCN)CC(=O)OC(C)(C)C. The molecule has 6 nitrogen and oxygen atoms in total. The summed E-state index contributed by atoms with van der Waals surface area (Å²) in [5.74, 6) is -0.758. The molecule has 0 spiro atoms. The van der Waals surface area contributed by atoms with Gasteiger partial charge in [0.1, 0.15) is 17.2 Å². The van der Waals surface area contributed by atoms with Crippen LogP contribution in [0.3, 0.4) is 0 Å². The van der Waals surface area contributed by atoms with Gasteiger partial charge in [0.15, 0.2) is 0 Å². The zero-order valence-electron chi connectivity index (χ0n) is 14.4. The number of hydrogen-bond donors (Lipinski definition) is 1. The van der Waals surface area contributed by atoms with Gasteiger partial charge >= 0.3 is 11.9 Å². The number of ether oxygens (including phenoxy) is 2. The molecule has 124 valence electrons. The average molecular weight is 302 g/mol. The summed E-state index contributed by atoms with van der Waals surface area (Å²) in [5, 5.41) is 0. The van der Waals surface area contributed by atoms with E-state index < -0.39 is 17.2 Å². The zero-order chi connectivity index (χ0) is 16.8. The van der Waals surface area contributed by atoms with E-state index in [1.165, 1.54) is 0 Å². The van der Waals surface area contributed by atoms with E-state index in [0.717, 1.165) is 0 Å². The molecule has 0 heterocycles. The van der Waals surface area contributed by atoms with E-state index in [-0.39, 0.29) is 18.5 Å². The first-order valence-electron chi connectivity index (χ1n) is 7.24. The van der Waals surface area contributed by atoms with Crippen LogP contribution >= 0.6 is 0 Å². The summed E-state index contributed by atoms with van der Waals surface area (Å²) in [6.07, 6.45) is 0. The molecule has 1 atom stereocenters. The second kappa shape index (κ2) is 7.75. The second-order valence-electron chi connectivity index (χ2n) is 7.06. The fourth-order valence-electron chi connectivity index (χ4n) is 1.65. The average Bonchev–Trinajstić information content (AvgIpc) is 2.22. The van der Waals surface area contributed by atoms with E-state index in [9.17, 15) is 9.59 Å². The minimum atomic E-state index is -0.564. The monoisotopic (exact) mass is 302 g/mol. The predicted molar refractivity (Wildman–Crippen MR) is 81.8 cm³/mol. The summed E-state index contributed by atoms with van der Waals surface area (Å²) in [4.78, 5) is 25.7. The third-order valence-electron chi connectivity index (χ3n) is 2.46. The highest BCUT2D eigenvalue weighted by Crippen LogP contribution is 2.12. The van der Waals surface area contributed by atoms with Gasteiger partial charge in [0.25, 0.3) is 0 Å². The van der Waals surface area contributed by atoms with Crippen molar-refractivity contribution in [2.24, 2.45) is 5.73 Å². The number of hydrogen-bond acceptors (Lipinski definition) is 6. The molecule has 0 rings (SSSR count). The van der Waals surface area contributed by atoms with Crippen LogP contribution in [-0.4, -0.2) is 53.7 Å². The van der Waals surface area contributed by atoms with Gasteiger partial charge in [0.05, 0.1) is 6.54 Å². The smallest absolute Gasteiger partial charge is 0.323 e. The normalized spacial score (nSPS) is 14.0. The molecule has 2 N–H and O–H groups in total. The lowest BCUT2D eigenvalue weighted by Crippen LogP contribution is -2.47. The summed E-state index contributed by atoms with van der Waals surface area (Å²) in [5.41, 5.74) is 4.43. The van der Waals surface area contributed by atoms with Crippen LogP contribution in [0.1, 0.15) is 48.5 Å². The van der Waals surface area contributed by atoms with Crippen LogP contribution in [0, 0.1) is 0 Å². The van der Waals surface area contributed by atoms with Crippen molar-refractivity contribution in [3.05, 3.63) is 0 Å². The van der Waals surface area contributed by atoms with E-state index >= 15 is 0 Å². The van der Waals surface area contributed by atoms with Crippen LogP contribution in [0.4, 0.5) is 0 Å². The zero-order valence-corrected chi connectivity index (χ0v) is 14.4. The first-order valence-corrected chi connectivity index (χ1v) is 7.24. The Bertz CT molecular complexity index is 356. The molecule has 0 aromatic carbocycles. The van der Waals surface area contributed by atoms with Crippen molar-refractivity contribution in [3.8, 4) is 0 Å². The van der Waals surface area contributed by atoms with Gasteiger partial charge in [-0.3, -0.25) is 14.5 Å². The Morgan fingerprint density at radius 2 is 1.52 bits per heavy atom. The summed E-state index contributed by atoms with van der Waals surface area (Å²) in [6, 6.07) is -0.555. The quantitative estimate of drug-likeness (QED) is 0.745.